The van der Waals surface area contributed by atoms with Crippen LogP contribution in [0.25, 0.3) is 0 Å². The molecule has 0 saturated carbocycles. The van der Waals surface area contributed by atoms with Crippen molar-refractivity contribution >= 4 is 29.3 Å². The fourth-order valence-corrected chi connectivity index (χ4v) is 3.23. The molecule has 1 amide bonds. The van der Waals surface area contributed by atoms with Crippen molar-refractivity contribution in [1.29, 1.82) is 0 Å². The molecular formula is C15H21ClN2OS. The summed E-state index contributed by atoms with van der Waals surface area (Å²) in [5.74, 6) is 2.44. The van der Waals surface area contributed by atoms with Gasteiger partial charge in [-0.2, -0.15) is 11.8 Å². The number of hydrogen-bond donors (Lipinski definition) is 2. The molecule has 1 saturated heterocycles. The van der Waals surface area contributed by atoms with Crippen LogP contribution in [0.15, 0.2) is 24.3 Å². The van der Waals surface area contributed by atoms with E-state index in [2.05, 4.69) is 22.8 Å². The highest BCUT2D eigenvalue weighted by Gasteiger charge is 2.21. The van der Waals surface area contributed by atoms with Crippen LogP contribution in [0.1, 0.15) is 18.4 Å². The summed E-state index contributed by atoms with van der Waals surface area (Å²) in [7, 11) is 0. The Balaban J connectivity index is 1.51. The third-order valence-corrected chi connectivity index (χ3v) is 4.74. The van der Waals surface area contributed by atoms with E-state index in [4.69, 9.17) is 11.6 Å². The second kappa shape index (κ2) is 8.55. The Morgan fingerprint density at radius 2 is 2.20 bits per heavy atom. The summed E-state index contributed by atoms with van der Waals surface area (Å²) in [5, 5.41) is 7.01. The van der Waals surface area contributed by atoms with Gasteiger partial charge in [-0.1, -0.05) is 23.7 Å². The molecule has 2 N–H and O–H groups in total. The highest BCUT2D eigenvalue weighted by Crippen LogP contribution is 2.16. The monoisotopic (exact) mass is 312 g/mol. The Bertz CT molecular complexity index is 418. The minimum absolute atomic E-state index is 0.178. The number of nitrogens with one attached hydrogen (secondary N) is 2. The van der Waals surface area contributed by atoms with Crippen LogP contribution in [0.4, 0.5) is 0 Å². The van der Waals surface area contributed by atoms with E-state index in [9.17, 15) is 4.79 Å². The minimum Gasteiger partial charge on any atom is -0.356 e. The summed E-state index contributed by atoms with van der Waals surface area (Å²) in [6.07, 6.45) is 1.99. The van der Waals surface area contributed by atoms with Crippen LogP contribution in [0.2, 0.25) is 5.02 Å². The first-order valence-corrected chi connectivity index (χ1v) is 8.59. The largest absolute Gasteiger partial charge is 0.356 e. The van der Waals surface area contributed by atoms with E-state index in [0.29, 0.717) is 0 Å². The predicted octanol–water partition coefficient (Wildman–Crippen LogP) is 2.69. The lowest BCUT2D eigenvalue weighted by Gasteiger charge is -2.09. The van der Waals surface area contributed by atoms with Gasteiger partial charge in [-0.25, -0.2) is 0 Å². The fourth-order valence-electron chi connectivity index (χ4n) is 2.18. The van der Waals surface area contributed by atoms with E-state index in [0.717, 1.165) is 49.0 Å². The van der Waals surface area contributed by atoms with Gasteiger partial charge in [0.2, 0.25) is 5.91 Å². The topological polar surface area (TPSA) is 41.1 Å². The molecule has 2 rings (SSSR count). The first kappa shape index (κ1) is 15.7. The van der Waals surface area contributed by atoms with Crippen molar-refractivity contribution in [1.82, 2.24) is 10.6 Å². The summed E-state index contributed by atoms with van der Waals surface area (Å²) in [6.45, 7) is 2.58. The van der Waals surface area contributed by atoms with E-state index in [1.54, 1.807) is 0 Å². The molecule has 0 spiro atoms. The van der Waals surface area contributed by atoms with Crippen LogP contribution >= 0.6 is 23.4 Å². The molecule has 3 nitrogen and oxygen atoms in total. The van der Waals surface area contributed by atoms with Gasteiger partial charge in [-0.3, -0.25) is 4.79 Å². The Morgan fingerprint density at radius 1 is 1.40 bits per heavy atom. The van der Waals surface area contributed by atoms with Crippen molar-refractivity contribution in [3.63, 3.8) is 0 Å². The molecule has 1 aliphatic heterocycles. The van der Waals surface area contributed by atoms with Crippen LogP contribution in [0, 0.1) is 5.92 Å². The summed E-state index contributed by atoms with van der Waals surface area (Å²) < 4.78 is 0. The first-order chi connectivity index (χ1) is 9.75. The van der Waals surface area contributed by atoms with Crippen molar-refractivity contribution in [2.45, 2.75) is 18.6 Å². The van der Waals surface area contributed by atoms with Gasteiger partial charge < -0.3 is 10.6 Å². The molecule has 0 aliphatic carbocycles. The van der Waals surface area contributed by atoms with Crippen LogP contribution in [0.5, 0.6) is 0 Å². The van der Waals surface area contributed by atoms with Crippen LogP contribution in [-0.2, 0) is 10.5 Å². The molecule has 1 aliphatic rings. The molecule has 1 heterocycles. The zero-order chi connectivity index (χ0) is 14.2. The lowest BCUT2D eigenvalue weighted by molar-refractivity contribution is -0.124. The minimum atomic E-state index is 0.178. The second-order valence-electron chi connectivity index (χ2n) is 5.01. The number of benzene rings is 1. The number of hydrogen-bond acceptors (Lipinski definition) is 3. The van der Waals surface area contributed by atoms with Gasteiger partial charge in [0.05, 0.1) is 5.92 Å². The third-order valence-electron chi connectivity index (χ3n) is 3.38. The molecule has 1 aromatic rings. The van der Waals surface area contributed by atoms with Crippen LogP contribution in [-0.4, -0.2) is 31.3 Å². The second-order valence-corrected chi connectivity index (χ2v) is 6.55. The van der Waals surface area contributed by atoms with Gasteiger partial charge in [0.1, 0.15) is 0 Å². The summed E-state index contributed by atoms with van der Waals surface area (Å²) >= 11 is 7.74. The Morgan fingerprint density at radius 3 is 2.90 bits per heavy atom. The predicted molar refractivity (Wildman–Crippen MR) is 86.2 cm³/mol. The van der Waals surface area contributed by atoms with Crippen molar-refractivity contribution in [2.24, 2.45) is 5.92 Å². The number of rotatable bonds is 7. The Kier molecular flexibility index (Phi) is 6.70. The maximum absolute atomic E-state index is 11.8. The average molecular weight is 313 g/mol. The number of halogens is 1. The molecule has 0 radical (unpaired) electrons. The molecule has 0 aromatic heterocycles. The number of carbonyl (C=O) groups excluding carboxylic acids is 1. The highest BCUT2D eigenvalue weighted by atomic mass is 35.5. The smallest absolute Gasteiger partial charge is 0.224 e. The molecule has 1 atom stereocenters. The van der Waals surface area contributed by atoms with Gasteiger partial charge in [-0.05, 0) is 42.8 Å². The Hall–Kier alpha value is -0.710. The van der Waals surface area contributed by atoms with Gasteiger partial charge in [0.25, 0.3) is 0 Å². The highest BCUT2D eigenvalue weighted by molar-refractivity contribution is 7.98. The van der Waals surface area contributed by atoms with E-state index in [1.807, 2.05) is 23.9 Å². The van der Waals surface area contributed by atoms with Gasteiger partial charge >= 0.3 is 0 Å². The Labute approximate surface area is 129 Å². The van der Waals surface area contributed by atoms with Crippen molar-refractivity contribution in [3.8, 4) is 0 Å². The third kappa shape index (κ3) is 5.35. The van der Waals surface area contributed by atoms with Gasteiger partial charge in [0.15, 0.2) is 0 Å². The lowest BCUT2D eigenvalue weighted by atomic mass is 10.1. The van der Waals surface area contributed by atoms with Crippen LogP contribution in [0.3, 0.4) is 0 Å². The van der Waals surface area contributed by atoms with Crippen molar-refractivity contribution in [3.05, 3.63) is 34.9 Å². The van der Waals surface area contributed by atoms with E-state index in [1.165, 1.54) is 5.56 Å². The molecular weight excluding hydrogens is 292 g/mol. The zero-order valence-electron chi connectivity index (χ0n) is 11.5. The summed E-state index contributed by atoms with van der Waals surface area (Å²) in [6, 6.07) is 7.97. The standard InChI is InChI=1S/C15H21ClN2OS/c16-14-4-2-12(3-5-14)11-20-9-1-7-18-15(19)13-6-8-17-10-13/h2-5,13,17H,1,6-11H2,(H,18,19)/t13-/m0/s1. The normalized spacial score (nSPS) is 18.1. The lowest BCUT2D eigenvalue weighted by Crippen LogP contribution is -2.32. The molecule has 5 heteroatoms. The van der Waals surface area contributed by atoms with Gasteiger partial charge in [0, 0.05) is 23.9 Å². The molecule has 0 bridgehead atoms. The number of amides is 1. The number of thioether (sulfide) groups is 1. The van der Waals surface area contributed by atoms with E-state index >= 15 is 0 Å². The first-order valence-electron chi connectivity index (χ1n) is 7.06. The van der Waals surface area contributed by atoms with Crippen molar-refractivity contribution in [2.75, 3.05) is 25.4 Å². The van der Waals surface area contributed by atoms with Crippen LogP contribution < -0.4 is 10.6 Å². The van der Waals surface area contributed by atoms with Crippen molar-refractivity contribution < 1.29 is 4.79 Å². The van der Waals surface area contributed by atoms with Gasteiger partial charge in [-0.15, -0.1) is 0 Å². The zero-order valence-corrected chi connectivity index (χ0v) is 13.1. The maximum atomic E-state index is 11.8. The molecule has 1 aromatic carbocycles. The average Bonchev–Trinajstić information content (AvgIpc) is 2.98. The summed E-state index contributed by atoms with van der Waals surface area (Å²) in [4.78, 5) is 11.8. The maximum Gasteiger partial charge on any atom is 0.224 e. The quantitative estimate of drug-likeness (QED) is 0.761. The molecule has 0 unspecified atom stereocenters. The molecule has 20 heavy (non-hydrogen) atoms. The fraction of sp³-hybridized carbons (Fsp3) is 0.533. The van der Waals surface area contributed by atoms with E-state index < -0.39 is 0 Å². The molecule has 1 fully saturated rings. The molecule has 110 valence electrons. The number of carbonyl (C=O) groups is 1. The SMILES string of the molecule is O=C(NCCCSCc1ccc(Cl)cc1)[C@H]1CCNC1. The summed E-state index contributed by atoms with van der Waals surface area (Å²) in [5.41, 5.74) is 1.29. The van der Waals surface area contributed by atoms with E-state index in [-0.39, 0.29) is 11.8 Å².